The van der Waals surface area contributed by atoms with Crippen molar-refractivity contribution in [1.82, 2.24) is 5.32 Å². The van der Waals surface area contributed by atoms with Crippen LogP contribution in [-0.4, -0.2) is 19.3 Å². The van der Waals surface area contributed by atoms with Gasteiger partial charge in [0.05, 0.1) is 11.6 Å². The molecule has 2 nitrogen and oxygen atoms in total. The molecule has 16 heavy (non-hydrogen) atoms. The van der Waals surface area contributed by atoms with Crippen LogP contribution in [0.2, 0.25) is 0 Å². The van der Waals surface area contributed by atoms with Gasteiger partial charge in [-0.2, -0.15) is 0 Å². The Morgan fingerprint density at radius 2 is 1.81 bits per heavy atom. The minimum absolute atomic E-state index is 0.196. The number of aryl methyl sites for hydroxylation is 1. The van der Waals surface area contributed by atoms with E-state index in [0.717, 1.165) is 6.61 Å². The Morgan fingerprint density at radius 3 is 2.25 bits per heavy atom. The van der Waals surface area contributed by atoms with E-state index in [0.29, 0.717) is 0 Å². The number of rotatable bonds is 5. The maximum absolute atomic E-state index is 5.80. The van der Waals surface area contributed by atoms with Gasteiger partial charge < -0.3 is 10.1 Å². The first-order chi connectivity index (χ1) is 7.51. The Balaban J connectivity index is 2.93. The molecule has 0 aliphatic heterocycles. The first kappa shape index (κ1) is 13.2. The van der Waals surface area contributed by atoms with Crippen molar-refractivity contribution < 1.29 is 4.74 Å². The fourth-order valence-corrected chi connectivity index (χ4v) is 2.13. The lowest BCUT2D eigenvalue weighted by Crippen LogP contribution is -2.40. The summed E-state index contributed by atoms with van der Waals surface area (Å²) < 4.78 is 5.80. The van der Waals surface area contributed by atoms with E-state index in [1.54, 1.807) is 0 Å². The van der Waals surface area contributed by atoms with Gasteiger partial charge in [-0.25, -0.2) is 0 Å². The monoisotopic (exact) mass is 221 g/mol. The molecule has 0 aliphatic rings. The van der Waals surface area contributed by atoms with E-state index in [1.165, 1.54) is 11.1 Å². The number of nitrogens with one attached hydrogen (secondary N) is 1. The van der Waals surface area contributed by atoms with E-state index in [9.17, 15) is 0 Å². The molecule has 0 fully saturated rings. The third-order valence-corrected chi connectivity index (χ3v) is 2.91. The summed E-state index contributed by atoms with van der Waals surface area (Å²) in [7, 11) is 1.98. The second-order valence-corrected chi connectivity index (χ2v) is 4.67. The highest BCUT2D eigenvalue weighted by Gasteiger charge is 2.29. The normalized spacial score (nSPS) is 13.8. The fraction of sp³-hybridized carbons (Fsp3) is 0.571. The first-order valence-corrected chi connectivity index (χ1v) is 5.89. The van der Waals surface area contributed by atoms with Gasteiger partial charge in [0.1, 0.15) is 0 Å². The maximum Gasteiger partial charge on any atom is 0.0820 e. The van der Waals surface area contributed by atoms with Gasteiger partial charge in [0.2, 0.25) is 0 Å². The maximum atomic E-state index is 5.80. The molecule has 1 N–H and O–H groups in total. The number of ether oxygens (including phenoxy) is 1. The van der Waals surface area contributed by atoms with Crippen molar-refractivity contribution in [2.75, 3.05) is 13.7 Å². The van der Waals surface area contributed by atoms with Crippen LogP contribution in [0.5, 0.6) is 0 Å². The van der Waals surface area contributed by atoms with Gasteiger partial charge in [-0.3, -0.25) is 0 Å². The second kappa shape index (κ2) is 5.46. The van der Waals surface area contributed by atoms with Crippen LogP contribution in [0.15, 0.2) is 24.3 Å². The van der Waals surface area contributed by atoms with Gasteiger partial charge in [0, 0.05) is 6.61 Å². The third-order valence-electron chi connectivity index (χ3n) is 2.91. The molecule has 90 valence electrons. The van der Waals surface area contributed by atoms with E-state index in [-0.39, 0.29) is 11.6 Å². The van der Waals surface area contributed by atoms with Crippen molar-refractivity contribution in [3.8, 4) is 0 Å². The fourth-order valence-electron chi connectivity index (χ4n) is 2.13. The van der Waals surface area contributed by atoms with Crippen LogP contribution in [0, 0.1) is 6.92 Å². The number of hydrogen-bond donors (Lipinski definition) is 1. The molecule has 1 atom stereocenters. The van der Waals surface area contributed by atoms with Crippen molar-refractivity contribution >= 4 is 0 Å². The summed E-state index contributed by atoms with van der Waals surface area (Å²) in [5, 5.41) is 3.34. The zero-order valence-electron chi connectivity index (χ0n) is 11.0. The van der Waals surface area contributed by atoms with Crippen LogP contribution in [0.1, 0.15) is 37.9 Å². The van der Waals surface area contributed by atoms with E-state index in [2.05, 4.69) is 50.4 Å². The molecule has 1 unspecified atom stereocenters. The van der Waals surface area contributed by atoms with E-state index >= 15 is 0 Å². The number of likely N-dealkylation sites (N-methyl/N-ethyl adjacent to an activating group) is 1. The van der Waals surface area contributed by atoms with Crippen LogP contribution in [-0.2, 0) is 4.74 Å². The summed E-state index contributed by atoms with van der Waals surface area (Å²) >= 11 is 0. The lowest BCUT2D eigenvalue weighted by atomic mass is 9.91. The minimum Gasteiger partial charge on any atom is -0.374 e. The van der Waals surface area contributed by atoms with Crippen LogP contribution in [0.25, 0.3) is 0 Å². The second-order valence-electron chi connectivity index (χ2n) is 4.67. The number of benzene rings is 1. The highest BCUT2D eigenvalue weighted by molar-refractivity contribution is 5.26. The highest BCUT2D eigenvalue weighted by atomic mass is 16.5. The quantitative estimate of drug-likeness (QED) is 0.825. The molecule has 1 aromatic rings. The molecule has 0 bridgehead atoms. The van der Waals surface area contributed by atoms with Gasteiger partial charge in [0.25, 0.3) is 0 Å². The number of hydrogen-bond acceptors (Lipinski definition) is 2. The lowest BCUT2D eigenvalue weighted by molar-refractivity contribution is -0.0374. The van der Waals surface area contributed by atoms with E-state index in [4.69, 9.17) is 4.74 Å². The zero-order valence-corrected chi connectivity index (χ0v) is 11.0. The Bertz CT molecular complexity index is 316. The summed E-state index contributed by atoms with van der Waals surface area (Å²) in [5.41, 5.74) is 2.36. The van der Waals surface area contributed by atoms with Gasteiger partial charge in [0.15, 0.2) is 0 Å². The predicted octanol–water partition coefficient (Wildman–Crippen LogP) is 3.07. The summed E-state index contributed by atoms with van der Waals surface area (Å²) in [6.45, 7) is 9.11. The van der Waals surface area contributed by atoms with Gasteiger partial charge in [-0.15, -0.1) is 0 Å². The summed E-state index contributed by atoms with van der Waals surface area (Å²) in [4.78, 5) is 0. The van der Waals surface area contributed by atoms with Gasteiger partial charge in [-0.05, 0) is 40.3 Å². The summed E-state index contributed by atoms with van der Waals surface area (Å²) in [6, 6.07) is 8.82. The standard InChI is InChI=1S/C14H23NO/c1-6-16-14(3,4)13(15-5)12-9-7-11(2)8-10-12/h7-10,13,15H,6H2,1-5H3. The molecule has 0 amide bonds. The molecule has 0 saturated carbocycles. The van der Waals surface area contributed by atoms with Gasteiger partial charge in [-0.1, -0.05) is 29.8 Å². The molecular formula is C14H23NO. The first-order valence-electron chi connectivity index (χ1n) is 5.89. The van der Waals surface area contributed by atoms with Crippen LogP contribution >= 0.6 is 0 Å². The Labute approximate surface area is 99.0 Å². The van der Waals surface area contributed by atoms with E-state index < -0.39 is 0 Å². The Hall–Kier alpha value is -0.860. The Morgan fingerprint density at radius 1 is 1.25 bits per heavy atom. The smallest absolute Gasteiger partial charge is 0.0820 e. The predicted molar refractivity (Wildman–Crippen MR) is 68.7 cm³/mol. The molecule has 2 heteroatoms. The van der Waals surface area contributed by atoms with Crippen molar-refractivity contribution in [1.29, 1.82) is 0 Å². The van der Waals surface area contributed by atoms with E-state index in [1.807, 2.05) is 14.0 Å². The SMILES string of the molecule is CCOC(C)(C)C(NC)c1ccc(C)cc1. The van der Waals surface area contributed by atoms with Crippen LogP contribution < -0.4 is 5.32 Å². The average Bonchev–Trinajstić information content (AvgIpc) is 2.21. The third kappa shape index (κ3) is 3.06. The Kier molecular flexibility index (Phi) is 4.51. The van der Waals surface area contributed by atoms with Crippen LogP contribution in [0.3, 0.4) is 0 Å². The molecule has 1 aromatic carbocycles. The van der Waals surface area contributed by atoms with Crippen molar-refractivity contribution in [2.45, 2.75) is 39.3 Å². The molecule has 0 aromatic heterocycles. The topological polar surface area (TPSA) is 21.3 Å². The average molecular weight is 221 g/mol. The van der Waals surface area contributed by atoms with Crippen LogP contribution in [0.4, 0.5) is 0 Å². The highest BCUT2D eigenvalue weighted by Crippen LogP contribution is 2.28. The minimum atomic E-state index is -0.196. The largest absolute Gasteiger partial charge is 0.374 e. The van der Waals surface area contributed by atoms with Gasteiger partial charge >= 0.3 is 0 Å². The summed E-state index contributed by atoms with van der Waals surface area (Å²) in [6.07, 6.45) is 0. The molecule has 0 spiro atoms. The zero-order chi connectivity index (χ0) is 12.2. The van der Waals surface area contributed by atoms with Crippen molar-refractivity contribution in [3.05, 3.63) is 35.4 Å². The lowest BCUT2D eigenvalue weighted by Gasteiger charge is -2.34. The van der Waals surface area contributed by atoms with Crippen molar-refractivity contribution in [2.24, 2.45) is 0 Å². The molecule has 1 rings (SSSR count). The van der Waals surface area contributed by atoms with Crippen molar-refractivity contribution in [3.63, 3.8) is 0 Å². The molecule has 0 saturated heterocycles. The molecule has 0 radical (unpaired) electrons. The summed E-state index contributed by atoms with van der Waals surface area (Å²) in [5.74, 6) is 0. The molecule has 0 aliphatic carbocycles. The molecular weight excluding hydrogens is 198 g/mol. The molecule has 0 heterocycles.